The Morgan fingerprint density at radius 2 is 2.13 bits per heavy atom. The first-order valence-corrected chi connectivity index (χ1v) is 10.4. The number of hydrogen-bond donors (Lipinski definition) is 0. The van der Waals surface area contributed by atoms with E-state index >= 15 is 0 Å². The molecule has 1 heterocycles. The van der Waals surface area contributed by atoms with Crippen LogP contribution in [0, 0.1) is 0 Å². The van der Waals surface area contributed by atoms with Gasteiger partial charge in [-0.05, 0) is 51.6 Å². The first-order chi connectivity index (χ1) is 11.1. The Bertz CT molecular complexity index is 410. The number of hydrogen-bond acceptors (Lipinski definition) is 3. The molecule has 2 rings (SSSR count). The van der Waals surface area contributed by atoms with Crippen LogP contribution in [-0.4, -0.2) is 72.6 Å². The van der Waals surface area contributed by atoms with Gasteiger partial charge in [0.1, 0.15) is 0 Å². The average molecular weight is 340 g/mol. The fourth-order valence-electron chi connectivity index (χ4n) is 4.40. The minimum absolute atomic E-state index is 0.0801. The molecule has 0 radical (unpaired) electrons. The van der Waals surface area contributed by atoms with Gasteiger partial charge in [-0.15, -0.1) is 8.20 Å². The molecule has 23 heavy (non-hydrogen) atoms. The second kappa shape index (κ2) is 8.60. The molecule has 1 spiro atoms. The van der Waals surface area contributed by atoms with Crippen LogP contribution in [0.1, 0.15) is 52.4 Å². The minimum Gasteiger partial charge on any atom is -0.375 e. The Kier molecular flexibility index (Phi) is 7.06. The SMILES string of the molecule is C=PCC(=O)N(C)C1CCC2(CCCO2)CC1N(CC)CCC. The molecule has 1 saturated heterocycles. The van der Waals surface area contributed by atoms with E-state index in [0.717, 1.165) is 53.6 Å². The average Bonchev–Trinajstić information content (AvgIpc) is 3.00. The van der Waals surface area contributed by atoms with E-state index in [-0.39, 0.29) is 11.5 Å². The summed E-state index contributed by atoms with van der Waals surface area (Å²) in [6, 6.07) is 0.729. The van der Waals surface area contributed by atoms with Crippen molar-refractivity contribution in [2.75, 3.05) is 32.9 Å². The number of carbonyl (C=O) groups is 1. The van der Waals surface area contributed by atoms with Gasteiger partial charge >= 0.3 is 0 Å². The van der Waals surface area contributed by atoms with E-state index in [0.29, 0.717) is 18.2 Å². The molecular formula is C18H33N2O2P. The van der Waals surface area contributed by atoms with Crippen molar-refractivity contribution in [3.8, 4) is 0 Å². The van der Waals surface area contributed by atoms with Gasteiger partial charge in [0.25, 0.3) is 0 Å². The summed E-state index contributed by atoms with van der Waals surface area (Å²) in [7, 11) is 2.89. The Morgan fingerprint density at radius 3 is 2.70 bits per heavy atom. The van der Waals surface area contributed by atoms with Crippen LogP contribution in [0.4, 0.5) is 0 Å². The van der Waals surface area contributed by atoms with Crippen molar-refractivity contribution >= 4 is 20.4 Å². The molecule has 2 aliphatic rings. The highest BCUT2D eigenvalue weighted by Gasteiger charge is 2.46. The Hall–Kier alpha value is -0.440. The second-order valence-corrected chi connectivity index (χ2v) is 7.79. The molecule has 3 atom stereocenters. The number of nitrogens with zero attached hydrogens (tertiary/aromatic N) is 2. The van der Waals surface area contributed by atoms with Gasteiger partial charge in [-0.2, -0.15) is 0 Å². The largest absolute Gasteiger partial charge is 0.375 e. The van der Waals surface area contributed by atoms with Crippen molar-refractivity contribution in [2.24, 2.45) is 0 Å². The normalized spacial score (nSPS) is 31.1. The van der Waals surface area contributed by atoms with Crippen LogP contribution < -0.4 is 0 Å². The monoisotopic (exact) mass is 340 g/mol. The summed E-state index contributed by atoms with van der Waals surface area (Å²) in [6.45, 7) is 7.52. The molecule has 5 heteroatoms. The highest BCUT2D eigenvalue weighted by Crippen LogP contribution is 2.42. The molecule has 0 aromatic carbocycles. The summed E-state index contributed by atoms with van der Waals surface area (Å²) in [5.41, 5.74) is 0.0801. The predicted octanol–water partition coefficient (Wildman–Crippen LogP) is 3.03. The molecule has 0 N–H and O–H groups in total. The van der Waals surface area contributed by atoms with Crippen molar-refractivity contribution in [3.63, 3.8) is 0 Å². The minimum atomic E-state index is 0.0801. The van der Waals surface area contributed by atoms with Crippen LogP contribution in [0.3, 0.4) is 0 Å². The fraction of sp³-hybridized carbons (Fsp3) is 0.889. The Morgan fingerprint density at radius 1 is 1.35 bits per heavy atom. The highest BCUT2D eigenvalue weighted by atomic mass is 31.1. The lowest BCUT2D eigenvalue weighted by Gasteiger charge is -2.49. The molecule has 2 fully saturated rings. The van der Waals surface area contributed by atoms with Crippen molar-refractivity contribution < 1.29 is 9.53 Å². The number of likely N-dealkylation sites (N-methyl/N-ethyl adjacent to an activating group) is 2. The fourth-order valence-corrected chi connectivity index (χ4v) is 4.81. The zero-order valence-electron chi connectivity index (χ0n) is 15.1. The summed E-state index contributed by atoms with van der Waals surface area (Å²) < 4.78 is 6.18. The van der Waals surface area contributed by atoms with E-state index in [4.69, 9.17) is 4.74 Å². The van der Waals surface area contributed by atoms with Crippen molar-refractivity contribution in [1.82, 2.24) is 9.80 Å². The Balaban J connectivity index is 2.17. The van der Waals surface area contributed by atoms with Gasteiger partial charge in [0.2, 0.25) is 5.91 Å². The van der Waals surface area contributed by atoms with Gasteiger partial charge in [0.05, 0.1) is 11.8 Å². The third-order valence-corrected chi connectivity index (χ3v) is 6.12. The molecule has 1 aliphatic heterocycles. The molecule has 4 nitrogen and oxygen atoms in total. The predicted molar refractivity (Wildman–Crippen MR) is 98.6 cm³/mol. The summed E-state index contributed by atoms with van der Waals surface area (Å²) in [5.74, 6) is 0.229. The van der Waals surface area contributed by atoms with Crippen LogP contribution >= 0.6 is 8.20 Å². The summed E-state index contributed by atoms with van der Waals surface area (Å²) in [5, 5.41) is 0. The summed E-state index contributed by atoms with van der Waals surface area (Å²) >= 11 is 0. The maximum Gasteiger partial charge on any atom is 0.230 e. The molecule has 0 bridgehead atoms. The quantitative estimate of drug-likeness (QED) is 0.668. The summed E-state index contributed by atoms with van der Waals surface area (Å²) in [4.78, 5) is 17.0. The third-order valence-electron chi connectivity index (χ3n) is 5.63. The third kappa shape index (κ3) is 4.35. The molecular weight excluding hydrogens is 307 g/mol. The van der Waals surface area contributed by atoms with Crippen molar-refractivity contribution in [1.29, 1.82) is 0 Å². The molecule has 132 valence electrons. The number of rotatable bonds is 7. The van der Waals surface area contributed by atoms with Crippen LogP contribution in [0.5, 0.6) is 0 Å². The first-order valence-electron chi connectivity index (χ1n) is 9.13. The van der Waals surface area contributed by atoms with Crippen LogP contribution in [0.25, 0.3) is 0 Å². The molecule has 1 saturated carbocycles. The van der Waals surface area contributed by atoms with Gasteiger partial charge in [-0.3, -0.25) is 9.69 Å². The van der Waals surface area contributed by atoms with E-state index in [2.05, 4.69) is 25.0 Å². The van der Waals surface area contributed by atoms with Crippen molar-refractivity contribution in [2.45, 2.75) is 70.1 Å². The van der Waals surface area contributed by atoms with Gasteiger partial charge in [0, 0.05) is 25.7 Å². The van der Waals surface area contributed by atoms with E-state index in [9.17, 15) is 4.79 Å². The van der Waals surface area contributed by atoms with Gasteiger partial charge in [0.15, 0.2) is 0 Å². The number of carbonyl (C=O) groups excluding carboxylic acids is 1. The topological polar surface area (TPSA) is 32.8 Å². The van der Waals surface area contributed by atoms with E-state index in [1.165, 1.54) is 12.8 Å². The van der Waals surface area contributed by atoms with Gasteiger partial charge < -0.3 is 9.64 Å². The van der Waals surface area contributed by atoms with Gasteiger partial charge in [-0.25, -0.2) is 0 Å². The molecule has 3 unspecified atom stereocenters. The van der Waals surface area contributed by atoms with Gasteiger partial charge in [-0.1, -0.05) is 20.1 Å². The van der Waals surface area contributed by atoms with E-state index < -0.39 is 0 Å². The lowest BCUT2D eigenvalue weighted by Crippen LogP contribution is -2.59. The van der Waals surface area contributed by atoms with E-state index in [1.807, 2.05) is 11.9 Å². The molecule has 0 aromatic heterocycles. The second-order valence-electron chi connectivity index (χ2n) is 7.03. The van der Waals surface area contributed by atoms with Crippen LogP contribution in [0.15, 0.2) is 0 Å². The Labute approximate surface area is 143 Å². The smallest absolute Gasteiger partial charge is 0.230 e. The maximum atomic E-state index is 12.4. The standard InChI is InChI=1S/C18H33N2O2P/c1-5-11-20(6-2)16-13-18(9-7-12-22-18)10-8-15(16)19(3)17(21)14-23-4/h15-16H,4-14H2,1-3H3. The van der Waals surface area contributed by atoms with Crippen molar-refractivity contribution in [3.05, 3.63) is 0 Å². The maximum absolute atomic E-state index is 12.4. The zero-order chi connectivity index (χ0) is 16.9. The molecule has 1 aliphatic carbocycles. The molecule has 0 aromatic rings. The lowest BCUT2D eigenvalue weighted by atomic mass is 9.76. The highest BCUT2D eigenvalue weighted by molar-refractivity contribution is 7.37. The zero-order valence-corrected chi connectivity index (χ0v) is 16.0. The lowest BCUT2D eigenvalue weighted by molar-refractivity contribution is -0.135. The number of amides is 1. The number of ether oxygens (including phenoxy) is 1. The first kappa shape index (κ1) is 18.9. The van der Waals surface area contributed by atoms with Crippen LogP contribution in [-0.2, 0) is 9.53 Å². The van der Waals surface area contributed by atoms with Crippen LogP contribution in [0.2, 0.25) is 0 Å². The molecule has 1 amide bonds. The van der Waals surface area contributed by atoms with E-state index in [1.54, 1.807) is 0 Å². The summed E-state index contributed by atoms with van der Waals surface area (Å²) in [6.07, 6.45) is 11.1.